The Labute approximate surface area is 196 Å². The Kier molecular flexibility index (Phi) is 8.34. The quantitative estimate of drug-likeness (QED) is 0.120. The third-order valence-electron chi connectivity index (χ3n) is 5.24. The van der Waals surface area contributed by atoms with Crippen molar-refractivity contribution >= 4 is 39.7 Å². The molecule has 0 aliphatic carbocycles. The fourth-order valence-electron chi connectivity index (χ4n) is 3.22. The zero-order valence-electron chi connectivity index (χ0n) is 18.8. The van der Waals surface area contributed by atoms with Gasteiger partial charge in [0.25, 0.3) is 5.91 Å². The number of aliphatic carboxylic acids is 1. The summed E-state index contributed by atoms with van der Waals surface area (Å²) in [7, 11) is -3.86. The molecule has 7 N–H and O–H groups in total. The number of hydrogen-bond donors (Lipinski definition) is 6. The number of carbonyl (C=O) groups excluding carboxylic acids is 3. The molecule has 34 heavy (non-hydrogen) atoms. The van der Waals surface area contributed by atoms with E-state index in [1.54, 1.807) is 6.92 Å². The number of carboxylic acids is 1. The van der Waals surface area contributed by atoms with Crippen LogP contribution in [0.4, 0.5) is 4.79 Å². The minimum absolute atomic E-state index is 0.163. The van der Waals surface area contributed by atoms with E-state index in [1.165, 1.54) is 31.2 Å². The highest BCUT2D eigenvalue weighted by Gasteiger charge is 2.49. The number of nitrogen functional groups attached to an aromatic ring is 1. The van der Waals surface area contributed by atoms with Crippen molar-refractivity contribution in [2.45, 2.75) is 38.3 Å². The van der Waals surface area contributed by atoms with Crippen molar-refractivity contribution in [2.24, 2.45) is 5.73 Å². The molecule has 2 atom stereocenters. The lowest BCUT2D eigenvalue weighted by atomic mass is 9.91. The van der Waals surface area contributed by atoms with Crippen molar-refractivity contribution in [3.05, 3.63) is 35.4 Å². The summed E-state index contributed by atoms with van der Waals surface area (Å²) in [5, 5.41) is 21.5. The van der Waals surface area contributed by atoms with Crippen LogP contribution in [0.3, 0.4) is 0 Å². The molecule has 0 aromatic heterocycles. The molecule has 0 unspecified atom stereocenters. The lowest BCUT2D eigenvalue weighted by Gasteiger charge is -2.22. The van der Waals surface area contributed by atoms with Crippen LogP contribution in [-0.2, 0) is 29.9 Å². The molecule has 1 heterocycles. The smallest absolute Gasteiger partial charge is 0.325 e. The number of nitrogens with one attached hydrogen (secondary N) is 4. The molecule has 4 amide bonds. The Balaban J connectivity index is 2.03. The highest BCUT2D eigenvalue weighted by molar-refractivity contribution is 7.89. The SMILES string of the molecule is CCCCS(=O)(=O)N[C@@H](CNC(=O)CN1C(=O)N[C@@](C)(c2ccc(C(=N)N)cc2)C1=O)C(=O)O. The molecule has 0 bridgehead atoms. The molecule has 0 spiro atoms. The van der Waals surface area contributed by atoms with E-state index in [4.69, 9.17) is 11.1 Å². The van der Waals surface area contributed by atoms with Gasteiger partial charge in [0.1, 0.15) is 24.0 Å². The number of nitrogens with two attached hydrogens (primary N) is 1. The van der Waals surface area contributed by atoms with Crippen LogP contribution in [0.15, 0.2) is 24.3 Å². The predicted octanol–water partition coefficient (Wildman–Crippen LogP) is -0.973. The Morgan fingerprint density at radius 1 is 1.26 bits per heavy atom. The Hall–Kier alpha value is -3.52. The van der Waals surface area contributed by atoms with E-state index >= 15 is 0 Å². The van der Waals surface area contributed by atoms with Crippen molar-refractivity contribution in [3.63, 3.8) is 0 Å². The van der Waals surface area contributed by atoms with E-state index in [1.807, 2.05) is 4.72 Å². The second-order valence-electron chi connectivity index (χ2n) is 7.92. The van der Waals surface area contributed by atoms with Crippen molar-refractivity contribution in [3.8, 4) is 0 Å². The van der Waals surface area contributed by atoms with Crippen LogP contribution < -0.4 is 21.1 Å². The van der Waals surface area contributed by atoms with Gasteiger partial charge >= 0.3 is 12.0 Å². The van der Waals surface area contributed by atoms with Crippen molar-refractivity contribution in [2.75, 3.05) is 18.8 Å². The minimum atomic E-state index is -3.86. The number of urea groups is 1. The first kappa shape index (κ1) is 26.7. The number of carbonyl (C=O) groups is 4. The molecule has 13 nitrogen and oxygen atoms in total. The fourth-order valence-corrected chi connectivity index (χ4v) is 4.63. The van der Waals surface area contributed by atoms with Gasteiger partial charge in [0.15, 0.2) is 0 Å². The molecule has 2 rings (SSSR count). The highest BCUT2D eigenvalue weighted by atomic mass is 32.2. The molecular formula is C20H28N6O7S. The van der Waals surface area contributed by atoms with Gasteiger partial charge in [-0.15, -0.1) is 0 Å². The maximum atomic E-state index is 12.9. The van der Waals surface area contributed by atoms with Gasteiger partial charge in [-0.1, -0.05) is 37.6 Å². The number of unbranched alkanes of at least 4 members (excludes halogenated alkanes) is 1. The molecule has 186 valence electrons. The molecule has 1 aliphatic rings. The summed E-state index contributed by atoms with van der Waals surface area (Å²) in [5.41, 5.74) is 4.79. The number of amidine groups is 1. The first-order valence-corrected chi connectivity index (χ1v) is 12.0. The number of hydrogen-bond acceptors (Lipinski definition) is 7. The summed E-state index contributed by atoms with van der Waals surface area (Å²) >= 11 is 0. The Bertz CT molecular complexity index is 1090. The van der Waals surface area contributed by atoms with E-state index in [2.05, 4.69) is 10.6 Å². The summed E-state index contributed by atoms with van der Waals surface area (Å²) in [6, 6.07) is 3.66. The van der Waals surface area contributed by atoms with E-state index < -0.39 is 58.5 Å². The predicted molar refractivity (Wildman–Crippen MR) is 121 cm³/mol. The van der Waals surface area contributed by atoms with E-state index in [-0.39, 0.29) is 11.6 Å². The van der Waals surface area contributed by atoms with Crippen LogP contribution in [0.1, 0.15) is 37.8 Å². The zero-order chi connectivity index (χ0) is 25.7. The Morgan fingerprint density at radius 2 is 1.88 bits per heavy atom. The van der Waals surface area contributed by atoms with Gasteiger partial charge < -0.3 is 21.5 Å². The maximum absolute atomic E-state index is 12.9. The van der Waals surface area contributed by atoms with Gasteiger partial charge in [-0.05, 0) is 18.9 Å². The van der Waals surface area contributed by atoms with E-state index in [0.717, 1.165) is 0 Å². The largest absolute Gasteiger partial charge is 0.480 e. The molecule has 1 fully saturated rings. The highest BCUT2D eigenvalue weighted by Crippen LogP contribution is 2.28. The van der Waals surface area contributed by atoms with Crippen LogP contribution in [-0.4, -0.2) is 73.0 Å². The topological polar surface area (TPSA) is 212 Å². The number of sulfonamides is 1. The number of nitrogens with zero attached hydrogens (tertiary/aromatic N) is 1. The van der Waals surface area contributed by atoms with Gasteiger partial charge in [0.05, 0.1) is 5.75 Å². The van der Waals surface area contributed by atoms with Gasteiger partial charge in [0, 0.05) is 12.1 Å². The molecule has 1 aliphatic heterocycles. The fraction of sp³-hybridized carbons (Fsp3) is 0.450. The molecular weight excluding hydrogens is 468 g/mol. The summed E-state index contributed by atoms with van der Waals surface area (Å²) in [4.78, 5) is 49.7. The summed E-state index contributed by atoms with van der Waals surface area (Å²) < 4.78 is 25.9. The van der Waals surface area contributed by atoms with Crippen LogP contribution >= 0.6 is 0 Å². The van der Waals surface area contributed by atoms with Crippen LogP contribution in [0, 0.1) is 5.41 Å². The van der Waals surface area contributed by atoms with Gasteiger partial charge in [0.2, 0.25) is 15.9 Å². The monoisotopic (exact) mass is 496 g/mol. The Morgan fingerprint density at radius 3 is 2.41 bits per heavy atom. The number of rotatable bonds is 12. The average molecular weight is 497 g/mol. The molecule has 1 aromatic rings. The molecule has 1 aromatic carbocycles. The van der Waals surface area contributed by atoms with Crippen molar-refractivity contribution in [1.82, 2.24) is 20.3 Å². The van der Waals surface area contributed by atoms with Crippen LogP contribution in [0.25, 0.3) is 0 Å². The molecule has 0 radical (unpaired) electrons. The third kappa shape index (κ3) is 6.29. The van der Waals surface area contributed by atoms with Gasteiger partial charge in [-0.3, -0.25) is 24.7 Å². The van der Waals surface area contributed by atoms with Crippen LogP contribution in [0.2, 0.25) is 0 Å². The first-order chi connectivity index (χ1) is 15.8. The minimum Gasteiger partial charge on any atom is -0.480 e. The van der Waals surface area contributed by atoms with Crippen LogP contribution in [0.5, 0.6) is 0 Å². The number of imide groups is 1. The average Bonchev–Trinajstić information content (AvgIpc) is 2.99. The van der Waals surface area contributed by atoms with E-state index in [9.17, 15) is 32.7 Å². The second kappa shape index (κ2) is 10.6. The first-order valence-electron chi connectivity index (χ1n) is 10.4. The summed E-state index contributed by atoms with van der Waals surface area (Å²) in [6.07, 6.45) is 0.942. The second-order valence-corrected chi connectivity index (χ2v) is 9.80. The zero-order valence-corrected chi connectivity index (χ0v) is 19.6. The van der Waals surface area contributed by atoms with Gasteiger partial charge in [-0.2, -0.15) is 4.72 Å². The number of amides is 4. The lowest BCUT2D eigenvalue weighted by Crippen LogP contribution is -2.50. The summed E-state index contributed by atoms with van der Waals surface area (Å²) in [5.74, 6) is -3.46. The lowest BCUT2D eigenvalue weighted by molar-refractivity contribution is -0.139. The third-order valence-corrected chi connectivity index (χ3v) is 6.71. The maximum Gasteiger partial charge on any atom is 0.325 e. The molecule has 1 saturated heterocycles. The normalized spacial score (nSPS) is 18.9. The molecule has 0 saturated carbocycles. The summed E-state index contributed by atoms with van der Waals surface area (Å²) in [6.45, 7) is 1.97. The van der Waals surface area contributed by atoms with E-state index in [0.29, 0.717) is 28.9 Å². The van der Waals surface area contributed by atoms with Crippen molar-refractivity contribution < 1.29 is 32.7 Å². The molecule has 14 heteroatoms. The standard InChI is InChI=1S/C20H28N6O7S/c1-3-4-9-34(32,33)25-14(17(28)29)10-23-15(27)11-26-18(30)20(2,24-19(26)31)13-7-5-12(6-8-13)16(21)22/h5-8,14,25H,3-4,9-11H2,1-2H3,(H3,21,22)(H,23,27)(H,24,31)(H,28,29)/t14-,20-/m0/s1. The van der Waals surface area contributed by atoms with Gasteiger partial charge in [-0.25, -0.2) is 13.2 Å². The number of carboxylic acid groups (broad SMARTS) is 1. The van der Waals surface area contributed by atoms with Crippen molar-refractivity contribution in [1.29, 1.82) is 5.41 Å². The number of benzene rings is 1.